The molecule has 0 unspecified atom stereocenters. The van der Waals surface area contributed by atoms with Gasteiger partial charge in [0.05, 0.1) is 18.2 Å². The molecular weight excluding hydrogens is 365 g/mol. The molecule has 3 aromatic rings. The quantitative estimate of drug-likeness (QED) is 0.496. The molecule has 0 saturated carbocycles. The molecule has 3 rings (SSSR count). The predicted molar refractivity (Wildman–Crippen MR) is 117 cm³/mol. The van der Waals surface area contributed by atoms with Gasteiger partial charge >= 0.3 is 5.97 Å². The van der Waals surface area contributed by atoms with Crippen molar-refractivity contribution < 1.29 is 9.53 Å². The van der Waals surface area contributed by atoms with Gasteiger partial charge in [-0.3, -0.25) is 0 Å². The van der Waals surface area contributed by atoms with Gasteiger partial charge in [-0.05, 0) is 37.4 Å². The Kier molecular flexibility index (Phi) is 6.14. The second kappa shape index (κ2) is 8.74. The maximum absolute atomic E-state index is 13.0. The van der Waals surface area contributed by atoms with E-state index in [2.05, 4.69) is 6.07 Å². The van der Waals surface area contributed by atoms with Gasteiger partial charge in [-0.1, -0.05) is 78.9 Å². The van der Waals surface area contributed by atoms with E-state index in [1.54, 1.807) is 6.92 Å². The van der Waals surface area contributed by atoms with Gasteiger partial charge in [-0.2, -0.15) is 5.26 Å². The smallest absolute Gasteiger partial charge is 0.334 e. The fraction of sp³-hybridized carbons (Fsp3) is 0.125. The summed E-state index contributed by atoms with van der Waals surface area (Å²) in [5.41, 5.74) is 0.576. The lowest BCUT2D eigenvalue weighted by molar-refractivity contribution is -0.134. The molecule has 0 amide bonds. The van der Waals surface area contributed by atoms with E-state index in [-0.39, 0.29) is 5.97 Å². The van der Waals surface area contributed by atoms with Gasteiger partial charge in [-0.25, -0.2) is 4.79 Å². The zero-order chi connectivity index (χ0) is 20.0. The number of nitrogens with zero attached hydrogens (tertiary/aromatic N) is 1. The molecule has 0 fully saturated rings. The monoisotopic (exact) mass is 387 g/mol. The van der Waals surface area contributed by atoms with E-state index in [1.165, 1.54) is 0 Å². The zero-order valence-corrected chi connectivity index (χ0v) is 16.9. The van der Waals surface area contributed by atoms with Crippen LogP contribution >= 0.6 is 6.89 Å². The highest BCUT2D eigenvalue weighted by molar-refractivity contribution is 7.96. The van der Waals surface area contributed by atoms with E-state index in [0.29, 0.717) is 17.5 Å². The Labute approximate surface area is 166 Å². The molecule has 28 heavy (non-hydrogen) atoms. The molecule has 0 aliphatic heterocycles. The molecule has 0 radical (unpaired) electrons. The second-order valence-corrected chi connectivity index (χ2v) is 9.80. The van der Waals surface area contributed by atoms with Gasteiger partial charge in [0.1, 0.15) is 0 Å². The molecular formula is C24H22NO2P. The summed E-state index contributed by atoms with van der Waals surface area (Å²) in [6.45, 7) is 1.39. The van der Waals surface area contributed by atoms with Gasteiger partial charge in [0, 0.05) is 10.6 Å². The number of ether oxygens (including phenoxy) is 1. The molecule has 0 saturated heterocycles. The van der Waals surface area contributed by atoms with Crippen molar-refractivity contribution in [3.63, 3.8) is 0 Å². The number of benzene rings is 3. The number of hydrogen-bond acceptors (Lipinski definition) is 3. The Hall–Kier alpha value is -3.08. The number of hydrogen-bond donors (Lipinski definition) is 0. The van der Waals surface area contributed by atoms with E-state index < -0.39 is 6.89 Å². The number of carbonyl (C=O) groups is 1. The van der Waals surface area contributed by atoms with E-state index in [4.69, 9.17) is 4.74 Å². The number of nitriles is 1. The Morgan fingerprint density at radius 1 is 0.893 bits per heavy atom. The third kappa shape index (κ3) is 3.40. The molecule has 0 N–H and O–H groups in total. The SMILES string of the molecule is CCOC(=O)C(C)=P(c1ccccc1)(c1ccccc1)c1ccccc1C#N. The predicted octanol–water partition coefficient (Wildman–Crippen LogP) is 3.61. The first kappa shape index (κ1) is 19.7. The molecule has 0 atom stereocenters. The van der Waals surface area contributed by atoms with Gasteiger partial charge in [0.15, 0.2) is 0 Å². The van der Waals surface area contributed by atoms with Crippen LogP contribution in [0.4, 0.5) is 0 Å². The zero-order valence-electron chi connectivity index (χ0n) is 16.0. The number of carbonyl (C=O) groups excluding carboxylic acids is 1. The van der Waals surface area contributed by atoms with Crippen molar-refractivity contribution in [1.82, 2.24) is 0 Å². The van der Waals surface area contributed by atoms with Crippen LogP contribution in [0.15, 0.2) is 84.9 Å². The number of esters is 1. The van der Waals surface area contributed by atoms with Crippen molar-refractivity contribution >= 4 is 34.1 Å². The third-order valence-corrected chi connectivity index (χ3v) is 9.19. The van der Waals surface area contributed by atoms with Crippen molar-refractivity contribution in [2.45, 2.75) is 13.8 Å². The van der Waals surface area contributed by atoms with E-state index in [1.807, 2.05) is 91.9 Å². The topological polar surface area (TPSA) is 50.1 Å². The van der Waals surface area contributed by atoms with Gasteiger partial charge in [0.2, 0.25) is 0 Å². The summed E-state index contributed by atoms with van der Waals surface area (Å²) in [5.74, 6) is -0.323. The molecule has 0 spiro atoms. The highest BCUT2D eigenvalue weighted by Gasteiger charge is 2.33. The lowest BCUT2D eigenvalue weighted by Crippen LogP contribution is -2.34. The van der Waals surface area contributed by atoms with Gasteiger partial charge in [-0.15, -0.1) is 0 Å². The highest BCUT2D eigenvalue weighted by atomic mass is 31.2. The summed E-state index contributed by atoms with van der Waals surface area (Å²) in [7, 11) is 0. The second-order valence-electron chi connectivity index (χ2n) is 6.28. The van der Waals surface area contributed by atoms with E-state index in [0.717, 1.165) is 15.9 Å². The molecule has 0 aromatic heterocycles. The maximum atomic E-state index is 13.0. The summed E-state index contributed by atoms with van der Waals surface area (Å²) in [4.78, 5) is 13.0. The van der Waals surface area contributed by atoms with Crippen LogP contribution in [0.2, 0.25) is 0 Å². The molecule has 0 bridgehead atoms. The largest absolute Gasteiger partial charge is 0.463 e. The molecule has 3 aromatic carbocycles. The minimum Gasteiger partial charge on any atom is -0.463 e. The summed E-state index contributed by atoms with van der Waals surface area (Å²) in [6.07, 6.45) is 0. The summed E-state index contributed by atoms with van der Waals surface area (Å²) >= 11 is 0. The van der Waals surface area contributed by atoms with E-state index >= 15 is 0 Å². The van der Waals surface area contributed by atoms with Crippen molar-refractivity contribution in [2.75, 3.05) is 6.61 Å². The molecule has 0 heterocycles. The molecule has 0 aliphatic carbocycles. The van der Waals surface area contributed by atoms with Crippen LogP contribution in [0, 0.1) is 11.3 Å². The summed E-state index contributed by atoms with van der Waals surface area (Å²) < 4.78 is 5.42. The van der Waals surface area contributed by atoms with Crippen LogP contribution in [0.1, 0.15) is 19.4 Å². The Balaban J connectivity index is 2.57. The summed E-state index contributed by atoms with van der Waals surface area (Å²) in [6, 6.07) is 29.9. The van der Waals surface area contributed by atoms with Crippen molar-refractivity contribution in [1.29, 1.82) is 5.26 Å². The van der Waals surface area contributed by atoms with Crippen molar-refractivity contribution in [2.24, 2.45) is 0 Å². The van der Waals surface area contributed by atoms with Crippen LogP contribution in [-0.2, 0) is 9.53 Å². The normalized spacial score (nSPS) is 10.8. The van der Waals surface area contributed by atoms with Crippen LogP contribution in [0.5, 0.6) is 0 Å². The van der Waals surface area contributed by atoms with Crippen LogP contribution in [-0.4, -0.2) is 17.9 Å². The first-order valence-corrected chi connectivity index (χ1v) is 11.0. The lowest BCUT2D eigenvalue weighted by atomic mass is 10.2. The average Bonchev–Trinajstić information content (AvgIpc) is 2.76. The molecule has 4 heteroatoms. The Morgan fingerprint density at radius 2 is 1.39 bits per heavy atom. The Bertz CT molecular complexity index is 1020. The maximum Gasteiger partial charge on any atom is 0.334 e. The molecule has 0 aliphatic rings. The molecule has 3 nitrogen and oxygen atoms in total. The minimum atomic E-state index is -2.56. The standard InChI is InChI=1S/C24H22NO2P/c1-3-27-24(26)19(2)28(21-13-6-4-7-14-21,22-15-8-5-9-16-22)23-17-11-10-12-20(23)18-25/h4-17H,3H2,1-2H3. The third-order valence-electron chi connectivity index (χ3n) is 4.75. The minimum absolute atomic E-state index is 0.305. The number of rotatable bonds is 5. The van der Waals surface area contributed by atoms with Crippen LogP contribution < -0.4 is 15.9 Å². The van der Waals surface area contributed by atoms with E-state index in [9.17, 15) is 10.1 Å². The fourth-order valence-corrected chi connectivity index (χ4v) is 7.89. The molecule has 140 valence electrons. The lowest BCUT2D eigenvalue weighted by Gasteiger charge is -2.31. The Morgan fingerprint density at radius 3 is 1.89 bits per heavy atom. The van der Waals surface area contributed by atoms with Crippen LogP contribution in [0.25, 0.3) is 0 Å². The van der Waals surface area contributed by atoms with Crippen molar-refractivity contribution in [3.05, 3.63) is 90.5 Å². The highest BCUT2D eigenvalue weighted by Crippen LogP contribution is 2.47. The average molecular weight is 387 g/mol. The van der Waals surface area contributed by atoms with Crippen molar-refractivity contribution in [3.8, 4) is 6.07 Å². The summed E-state index contributed by atoms with van der Waals surface area (Å²) in [5, 5.41) is 13.4. The van der Waals surface area contributed by atoms with Gasteiger partial charge in [0.25, 0.3) is 0 Å². The first-order valence-electron chi connectivity index (χ1n) is 9.17. The fourth-order valence-electron chi connectivity index (χ4n) is 3.53. The van der Waals surface area contributed by atoms with Gasteiger partial charge < -0.3 is 4.74 Å². The first-order chi connectivity index (χ1) is 13.7. The van der Waals surface area contributed by atoms with Crippen LogP contribution in [0.3, 0.4) is 0 Å².